The molecule has 0 spiro atoms. The average Bonchev–Trinajstić information content (AvgIpc) is 3.25. The first-order valence-electron chi connectivity index (χ1n) is 11.3. The molecule has 0 fully saturated rings. The van der Waals surface area contributed by atoms with Crippen LogP contribution in [0.25, 0.3) is 11.3 Å². The van der Waals surface area contributed by atoms with E-state index < -0.39 is 0 Å². The molecule has 0 unspecified atom stereocenters. The van der Waals surface area contributed by atoms with E-state index in [1.807, 2.05) is 30.3 Å². The summed E-state index contributed by atoms with van der Waals surface area (Å²) in [6.45, 7) is 1.16. The van der Waals surface area contributed by atoms with Crippen molar-refractivity contribution in [2.45, 2.75) is 6.61 Å². The number of nitrogens with two attached hydrogens (primary N) is 1. The summed E-state index contributed by atoms with van der Waals surface area (Å²) < 4.78 is 7.08. The zero-order chi connectivity index (χ0) is 25.5. The maximum Gasteiger partial charge on any atom is 0.258 e. The molecule has 4 rings (SSSR count). The molecule has 0 atom stereocenters. The zero-order valence-corrected chi connectivity index (χ0v) is 20.5. The van der Waals surface area contributed by atoms with Gasteiger partial charge in [-0.25, -0.2) is 0 Å². The molecule has 0 radical (unpaired) electrons. The third-order valence-electron chi connectivity index (χ3n) is 5.46. The molecule has 9 heteroatoms. The number of aromatic nitrogens is 2. The highest BCUT2D eigenvalue weighted by atomic mass is 35.5. The first-order chi connectivity index (χ1) is 17.5. The lowest BCUT2D eigenvalue weighted by Gasteiger charge is -2.11. The van der Waals surface area contributed by atoms with Crippen LogP contribution in [-0.2, 0) is 18.4 Å². The second kappa shape index (κ2) is 11.6. The molecule has 4 N–H and O–H groups in total. The van der Waals surface area contributed by atoms with Crippen molar-refractivity contribution in [3.05, 3.63) is 101 Å². The quantitative estimate of drug-likeness (QED) is 0.286. The Morgan fingerprint density at radius 3 is 2.33 bits per heavy atom. The van der Waals surface area contributed by atoms with Gasteiger partial charge in [0.05, 0.1) is 29.5 Å². The highest BCUT2D eigenvalue weighted by molar-refractivity contribution is 6.34. The smallest absolute Gasteiger partial charge is 0.258 e. The van der Waals surface area contributed by atoms with Gasteiger partial charge in [-0.3, -0.25) is 14.3 Å². The third kappa shape index (κ3) is 5.98. The van der Waals surface area contributed by atoms with E-state index in [2.05, 4.69) is 15.7 Å². The van der Waals surface area contributed by atoms with Gasteiger partial charge in [-0.05, 0) is 35.9 Å². The maximum absolute atomic E-state index is 12.9. The van der Waals surface area contributed by atoms with Gasteiger partial charge >= 0.3 is 0 Å². The fourth-order valence-corrected chi connectivity index (χ4v) is 3.83. The molecule has 0 saturated heterocycles. The Morgan fingerprint density at radius 1 is 0.944 bits per heavy atom. The molecule has 1 heterocycles. The first-order valence-corrected chi connectivity index (χ1v) is 11.7. The third-order valence-corrected chi connectivity index (χ3v) is 5.79. The molecule has 3 aromatic carbocycles. The molecule has 2 amide bonds. The van der Waals surface area contributed by atoms with Gasteiger partial charge in [0.2, 0.25) is 0 Å². The van der Waals surface area contributed by atoms with Crippen LogP contribution in [0.1, 0.15) is 26.3 Å². The zero-order valence-electron chi connectivity index (χ0n) is 19.7. The summed E-state index contributed by atoms with van der Waals surface area (Å²) in [7, 11) is 1.75. The summed E-state index contributed by atoms with van der Waals surface area (Å²) in [5.41, 5.74) is 9.34. The van der Waals surface area contributed by atoms with Crippen molar-refractivity contribution in [1.82, 2.24) is 9.78 Å². The van der Waals surface area contributed by atoms with E-state index in [1.165, 1.54) is 0 Å². The predicted molar refractivity (Wildman–Crippen MR) is 141 cm³/mol. The van der Waals surface area contributed by atoms with E-state index in [-0.39, 0.29) is 11.8 Å². The van der Waals surface area contributed by atoms with Crippen LogP contribution in [0.15, 0.2) is 78.9 Å². The number of ether oxygens (including phenoxy) is 1. The number of anilines is 2. The van der Waals surface area contributed by atoms with Crippen LogP contribution < -0.4 is 16.4 Å². The average molecular weight is 504 g/mol. The number of rotatable bonds is 9. The summed E-state index contributed by atoms with van der Waals surface area (Å²) >= 11 is 6.13. The number of carbonyl (C=O) groups is 2. The highest BCUT2D eigenvalue weighted by Crippen LogP contribution is 2.25. The molecular formula is C27H26ClN5O3. The van der Waals surface area contributed by atoms with Gasteiger partial charge in [-0.1, -0.05) is 54.1 Å². The minimum absolute atomic E-state index is 0.225. The highest BCUT2D eigenvalue weighted by Gasteiger charge is 2.15. The number of benzene rings is 3. The molecule has 0 aliphatic rings. The Kier molecular flexibility index (Phi) is 8.12. The van der Waals surface area contributed by atoms with E-state index in [0.29, 0.717) is 53.1 Å². The monoisotopic (exact) mass is 503 g/mol. The van der Waals surface area contributed by atoms with Gasteiger partial charge in [0, 0.05) is 36.5 Å². The standard InChI is InChI=1S/C27H26ClN5O3/c1-33-25(31-27(35)22-8-4-5-9-23(22)28)16-24(32-33)18-10-12-20(13-11-18)30-26(34)21-7-3-2-6-19(21)17-36-15-14-29/h2-13,16H,14-15,17,29H2,1H3,(H,30,34)(H,31,35). The van der Waals surface area contributed by atoms with Gasteiger partial charge in [0.15, 0.2) is 0 Å². The molecule has 36 heavy (non-hydrogen) atoms. The Balaban J connectivity index is 1.44. The SMILES string of the molecule is Cn1nc(-c2ccc(NC(=O)c3ccccc3COCCN)cc2)cc1NC(=O)c1ccccc1Cl. The van der Waals surface area contributed by atoms with Crippen LogP contribution in [-0.4, -0.2) is 34.7 Å². The van der Waals surface area contributed by atoms with Crippen molar-refractivity contribution in [2.75, 3.05) is 23.8 Å². The Morgan fingerprint density at radius 2 is 1.61 bits per heavy atom. The number of hydrogen-bond acceptors (Lipinski definition) is 5. The molecule has 4 aromatic rings. The van der Waals surface area contributed by atoms with E-state index in [1.54, 1.807) is 60.3 Å². The van der Waals surface area contributed by atoms with Gasteiger partial charge < -0.3 is 21.1 Å². The normalized spacial score (nSPS) is 10.8. The molecule has 0 bridgehead atoms. The minimum Gasteiger partial charge on any atom is -0.375 e. The van der Waals surface area contributed by atoms with Crippen LogP contribution in [0.5, 0.6) is 0 Å². The van der Waals surface area contributed by atoms with Crippen LogP contribution in [0.2, 0.25) is 5.02 Å². The van der Waals surface area contributed by atoms with Crippen LogP contribution in [0.3, 0.4) is 0 Å². The number of amides is 2. The lowest BCUT2D eigenvalue weighted by Crippen LogP contribution is -2.15. The fourth-order valence-electron chi connectivity index (χ4n) is 3.61. The summed E-state index contributed by atoms with van der Waals surface area (Å²) in [6.07, 6.45) is 0. The Labute approximate surface area is 214 Å². The van der Waals surface area contributed by atoms with Gasteiger partial charge in [0.25, 0.3) is 11.8 Å². The van der Waals surface area contributed by atoms with E-state index in [4.69, 9.17) is 22.1 Å². The molecule has 0 aliphatic carbocycles. The van der Waals surface area contributed by atoms with E-state index in [0.717, 1.165) is 11.1 Å². The number of carbonyl (C=O) groups excluding carboxylic acids is 2. The molecule has 8 nitrogen and oxygen atoms in total. The van der Waals surface area contributed by atoms with Crippen molar-refractivity contribution < 1.29 is 14.3 Å². The molecule has 0 saturated carbocycles. The molecule has 0 aliphatic heterocycles. The lowest BCUT2D eigenvalue weighted by molar-refractivity contribution is 0.101. The summed E-state index contributed by atoms with van der Waals surface area (Å²) in [5.74, 6) is -0.0141. The summed E-state index contributed by atoms with van der Waals surface area (Å²) in [4.78, 5) is 25.5. The van der Waals surface area contributed by atoms with Crippen molar-refractivity contribution >= 4 is 34.9 Å². The predicted octanol–water partition coefficient (Wildman–Crippen LogP) is 4.72. The Bertz CT molecular complexity index is 1370. The maximum atomic E-state index is 12.9. The van der Waals surface area contributed by atoms with Crippen LogP contribution in [0, 0.1) is 0 Å². The fraction of sp³-hybridized carbons (Fsp3) is 0.148. The van der Waals surface area contributed by atoms with Gasteiger partial charge in [-0.15, -0.1) is 0 Å². The van der Waals surface area contributed by atoms with Crippen molar-refractivity contribution in [1.29, 1.82) is 0 Å². The van der Waals surface area contributed by atoms with Gasteiger partial charge in [-0.2, -0.15) is 5.10 Å². The number of nitrogens with zero attached hydrogens (tertiary/aromatic N) is 2. The molecular weight excluding hydrogens is 478 g/mol. The minimum atomic E-state index is -0.318. The topological polar surface area (TPSA) is 111 Å². The van der Waals surface area contributed by atoms with Crippen LogP contribution in [0.4, 0.5) is 11.5 Å². The number of aryl methyl sites for hydroxylation is 1. The van der Waals surface area contributed by atoms with Crippen molar-refractivity contribution in [3.63, 3.8) is 0 Å². The number of nitrogens with one attached hydrogen (secondary N) is 2. The van der Waals surface area contributed by atoms with Crippen molar-refractivity contribution in [2.24, 2.45) is 12.8 Å². The number of hydrogen-bond donors (Lipinski definition) is 3. The molecule has 184 valence electrons. The number of halogens is 1. The first kappa shape index (κ1) is 25.1. The lowest BCUT2D eigenvalue weighted by atomic mass is 10.1. The van der Waals surface area contributed by atoms with E-state index >= 15 is 0 Å². The van der Waals surface area contributed by atoms with Crippen molar-refractivity contribution in [3.8, 4) is 11.3 Å². The van der Waals surface area contributed by atoms with Gasteiger partial charge in [0.1, 0.15) is 5.82 Å². The summed E-state index contributed by atoms with van der Waals surface area (Å²) in [5, 5.41) is 10.6. The van der Waals surface area contributed by atoms with Crippen LogP contribution >= 0.6 is 11.6 Å². The second-order valence-electron chi connectivity index (χ2n) is 8.00. The second-order valence-corrected chi connectivity index (χ2v) is 8.41. The van der Waals surface area contributed by atoms with E-state index in [9.17, 15) is 9.59 Å². The largest absolute Gasteiger partial charge is 0.375 e. The molecule has 1 aromatic heterocycles. The Hall–Kier alpha value is -3.98. The summed E-state index contributed by atoms with van der Waals surface area (Å²) in [6, 6.07) is 23.2.